The van der Waals surface area contributed by atoms with E-state index < -0.39 is 5.82 Å². The molecule has 0 aliphatic carbocycles. The number of hydrogen-bond acceptors (Lipinski definition) is 2. The van der Waals surface area contributed by atoms with Crippen LogP contribution in [0.4, 0.5) is 14.5 Å². The number of benzene rings is 1. The summed E-state index contributed by atoms with van der Waals surface area (Å²) in [5.74, 6) is -0.630. The number of likely N-dealkylation sites (tertiary alicyclic amines) is 1. The van der Waals surface area contributed by atoms with Gasteiger partial charge in [-0.05, 0) is 50.6 Å². The molecule has 1 N–H and O–H groups in total. The van der Waals surface area contributed by atoms with Gasteiger partial charge in [-0.3, -0.25) is 9.18 Å². The zero-order valence-electron chi connectivity index (χ0n) is 11.7. The van der Waals surface area contributed by atoms with E-state index in [2.05, 4.69) is 10.2 Å². The number of anilines is 1. The fraction of sp³-hybridized carbons (Fsp3) is 0.533. The third kappa shape index (κ3) is 4.64. The number of halogens is 3. The van der Waals surface area contributed by atoms with Crippen LogP contribution >= 0.6 is 11.6 Å². The molecule has 1 fully saturated rings. The summed E-state index contributed by atoms with van der Waals surface area (Å²) in [5.41, 5.74) is 0.506. The number of nitrogens with one attached hydrogen (secondary N) is 1. The number of carbonyl (C=O) groups is 1. The minimum Gasteiger partial charge on any atom is -0.326 e. The first-order valence-electron chi connectivity index (χ1n) is 7.14. The van der Waals surface area contributed by atoms with Crippen molar-refractivity contribution in [1.29, 1.82) is 0 Å². The first-order valence-corrected chi connectivity index (χ1v) is 7.52. The maximum absolute atomic E-state index is 13.1. The first kappa shape index (κ1) is 16.2. The number of piperidine rings is 1. The molecule has 0 unspecified atom stereocenters. The Balaban J connectivity index is 1.83. The van der Waals surface area contributed by atoms with Gasteiger partial charge in [0, 0.05) is 18.2 Å². The third-order valence-corrected chi connectivity index (χ3v) is 4.04. The van der Waals surface area contributed by atoms with Crippen LogP contribution in [0.1, 0.15) is 19.3 Å². The minimum absolute atomic E-state index is 0.00570. The summed E-state index contributed by atoms with van der Waals surface area (Å²) in [4.78, 5) is 14.3. The molecule has 0 aromatic heterocycles. The lowest BCUT2D eigenvalue weighted by atomic mass is 9.95. The van der Waals surface area contributed by atoms with E-state index in [0.717, 1.165) is 32.5 Å². The summed E-state index contributed by atoms with van der Waals surface area (Å²) in [6, 6.07) is 4.14. The van der Waals surface area contributed by atoms with Crippen molar-refractivity contribution in [3.63, 3.8) is 0 Å². The fourth-order valence-corrected chi connectivity index (χ4v) is 2.70. The van der Waals surface area contributed by atoms with Gasteiger partial charge in [0.15, 0.2) is 0 Å². The Morgan fingerprint density at radius 1 is 1.38 bits per heavy atom. The van der Waals surface area contributed by atoms with Crippen molar-refractivity contribution in [3.8, 4) is 0 Å². The quantitative estimate of drug-likeness (QED) is 0.902. The third-order valence-electron chi connectivity index (χ3n) is 3.75. The molecule has 1 aromatic carbocycles. The normalized spacial score (nSPS) is 16.9. The molecule has 0 radical (unpaired) electrons. The van der Waals surface area contributed by atoms with Crippen LogP contribution in [0, 0.1) is 11.7 Å². The molecule has 3 nitrogen and oxygen atoms in total. The first-order chi connectivity index (χ1) is 10.1. The number of alkyl halides is 1. The van der Waals surface area contributed by atoms with Crippen molar-refractivity contribution in [2.75, 3.05) is 31.6 Å². The standard InChI is InChI=1S/C15H19ClF2N2O/c16-13-10-12(2-3-14(13)18)19-15(21)11-4-8-20(9-5-11)7-1-6-17/h2-3,10-11H,1,4-9H2,(H,19,21). The van der Waals surface area contributed by atoms with Gasteiger partial charge < -0.3 is 10.2 Å². The Labute approximate surface area is 128 Å². The fourth-order valence-electron chi connectivity index (χ4n) is 2.52. The second kappa shape index (κ2) is 7.71. The van der Waals surface area contributed by atoms with Crippen LogP contribution in [0.3, 0.4) is 0 Å². The lowest BCUT2D eigenvalue weighted by Gasteiger charge is -2.31. The summed E-state index contributed by atoms with van der Waals surface area (Å²) < 4.78 is 25.2. The zero-order chi connectivity index (χ0) is 15.2. The van der Waals surface area contributed by atoms with E-state index in [4.69, 9.17) is 11.6 Å². The molecule has 6 heteroatoms. The van der Waals surface area contributed by atoms with Crippen molar-refractivity contribution in [1.82, 2.24) is 4.90 Å². The van der Waals surface area contributed by atoms with Gasteiger partial charge in [0.1, 0.15) is 5.82 Å². The van der Waals surface area contributed by atoms with Crippen LogP contribution in [-0.2, 0) is 4.79 Å². The largest absolute Gasteiger partial charge is 0.326 e. The van der Waals surface area contributed by atoms with E-state index in [1.54, 1.807) is 0 Å². The molecule has 116 valence electrons. The van der Waals surface area contributed by atoms with Crippen molar-refractivity contribution in [2.45, 2.75) is 19.3 Å². The number of amides is 1. The van der Waals surface area contributed by atoms with E-state index in [0.29, 0.717) is 12.1 Å². The van der Waals surface area contributed by atoms with Gasteiger partial charge in [-0.15, -0.1) is 0 Å². The number of hydrogen-bond donors (Lipinski definition) is 1. The van der Waals surface area contributed by atoms with E-state index in [-0.39, 0.29) is 23.5 Å². The molecule has 1 saturated heterocycles. The van der Waals surface area contributed by atoms with Crippen molar-refractivity contribution < 1.29 is 13.6 Å². The monoisotopic (exact) mass is 316 g/mol. The molecule has 1 heterocycles. The van der Waals surface area contributed by atoms with Gasteiger partial charge in [-0.25, -0.2) is 4.39 Å². The average molecular weight is 317 g/mol. The molecule has 0 saturated carbocycles. The van der Waals surface area contributed by atoms with Gasteiger partial charge in [-0.2, -0.15) is 0 Å². The molecular weight excluding hydrogens is 298 g/mol. The molecule has 1 aromatic rings. The predicted molar refractivity (Wildman–Crippen MR) is 79.8 cm³/mol. The summed E-state index contributed by atoms with van der Waals surface area (Å²) in [7, 11) is 0. The van der Waals surface area contributed by atoms with Crippen LogP contribution < -0.4 is 5.32 Å². The molecule has 1 aliphatic rings. The maximum atomic E-state index is 13.1. The van der Waals surface area contributed by atoms with Gasteiger partial charge in [0.05, 0.1) is 11.7 Å². The number of carbonyl (C=O) groups excluding carboxylic acids is 1. The molecule has 1 aliphatic heterocycles. The van der Waals surface area contributed by atoms with Gasteiger partial charge in [-0.1, -0.05) is 11.6 Å². The minimum atomic E-state index is -0.504. The molecule has 0 atom stereocenters. The predicted octanol–water partition coefficient (Wildman–Crippen LogP) is 3.49. The second-order valence-corrected chi connectivity index (χ2v) is 5.68. The summed E-state index contributed by atoms with van der Waals surface area (Å²) in [6.45, 7) is 2.06. The lowest BCUT2D eigenvalue weighted by Crippen LogP contribution is -2.38. The Morgan fingerprint density at radius 3 is 2.71 bits per heavy atom. The highest BCUT2D eigenvalue weighted by atomic mass is 35.5. The Hall–Kier alpha value is -1.20. The number of rotatable bonds is 5. The zero-order valence-corrected chi connectivity index (χ0v) is 12.5. The van der Waals surface area contributed by atoms with Crippen LogP contribution in [0.5, 0.6) is 0 Å². The Kier molecular flexibility index (Phi) is 5.94. The topological polar surface area (TPSA) is 32.3 Å². The highest BCUT2D eigenvalue weighted by Gasteiger charge is 2.24. The maximum Gasteiger partial charge on any atom is 0.227 e. The van der Waals surface area contributed by atoms with Crippen molar-refractivity contribution in [3.05, 3.63) is 29.0 Å². The summed E-state index contributed by atoms with van der Waals surface area (Å²) in [5, 5.41) is 2.76. The molecule has 0 bridgehead atoms. The summed E-state index contributed by atoms with van der Waals surface area (Å²) >= 11 is 5.69. The lowest BCUT2D eigenvalue weighted by molar-refractivity contribution is -0.121. The smallest absolute Gasteiger partial charge is 0.227 e. The SMILES string of the molecule is O=C(Nc1ccc(F)c(Cl)c1)C1CCN(CCCF)CC1. The van der Waals surface area contributed by atoms with E-state index in [9.17, 15) is 13.6 Å². The molecular formula is C15H19ClF2N2O. The average Bonchev–Trinajstić information content (AvgIpc) is 2.49. The Morgan fingerprint density at radius 2 is 2.10 bits per heavy atom. The van der Waals surface area contributed by atoms with Crippen LogP contribution in [0.25, 0.3) is 0 Å². The molecule has 1 amide bonds. The number of nitrogens with zero attached hydrogens (tertiary/aromatic N) is 1. The molecule has 0 spiro atoms. The van der Waals surface area contributed by atoms with Crippen LogP contribution in [-0.4, -0.2) is 37.1 Å². The molecule has 21 heavy (non-hydrogen) atoms. The van der Waals surface area contributed by atoms with Crippen molar-refractivity contribution in [2.24, 2.45) is 5.92 Å². The van der Waals surface area contributed by atoms with Gasteiger partial charge in [0.25, 0.3) is 0 Å². The highest BCUT2D eigenvalue weighted by Crippen LogP contribution is 2.22. The van der Waals surface area contributed by atoms with Gasteiger partial charge in [0.2, 0.25) is 5.91 Å². The van der Waals surface area contributed by atoms with E-state index >= 15 is 0 Å². The van der Waals surface area contributed by atoms with Gasteiger partial charge >= 0.3 is 0 Å². The highest BCUT2D eigenvalue weighted by molar-refractivity contribution is 6.31. The van der Waals surface area contributed by atoms with E-state index in [1.807, 2.05) is 0 Å². The van der Waals surface area contributed by atoms with E-state index in [1.165, 1.54) is 18.2 Å². The van der Waals surface area contributed by atoms with Crippen LogP contribution in [0.15, 0.2) is 18.2 Å². The molecule has 2 rings (SSSR count). The van der Waals surface area contributed by atoms with Crippen molar-refractivity contribution >= 4 is 23.2 Å². The second-order valence-electron chi connectivity index (χ2n) is 5.28. The van der Waals surface area contributed by atoms with Crippen LogP contribution in [0.2, 0.25) is 5.02 Å². The Bertz CT molecular complexity index is 491. The summed E-state index contributed by atoms with van der Waals surface area (Å²) in [6.07, 6.45) is 2.06.